The van der Waals surface area contributed by atoms with Crippen LogP contribution >= 0.6 is 0 Å². The van der Waals surface area contributed by atoms with Gasteiger partial charge in [0.05, 0.1) is 6.54 Å². The summed E-state index contributed by atoms with van der Waals surface area (Å²) in [6.45, 7) is 7.30. The van der Waals surface area contributed by atoms with Crippen molar-refractivity contribution in [1.29, 1.82) is 0 Å². The fourth-order valence-electron chi connectivity index (χ4n) is 2.32. The van der Waals surface area contributed by atoms with Gasteiger partial charge in [0.25, 0.3) is 0 Å². The van der Waals surface area contributed by atoms with Gasteiger partial charge >= 0.3 is 0 Å². The van der Waals surface area contributed by atoms with Gasteiger partial charge in [-0.1, -0.05) is 6.07 Å². The van der Waals surface area contributed by atoms with Crippen molar-refractivity contribution >= 4 is 11.0 Å². The summed E-state index contributed by atoms with van der Waals surface area (Å²) in [5, 5.41) is 4.76. The van der Waals surface area contributed by atoms with Gasteiger partial charge in [-0.15, -0.1) is 0 Å². The second kappa shape index (κ2) is 3.88. The second-order valence-electron chi connectivity index (χ2n) is 5.25. The third kappa shape index (κ3) is 1.98. The monoisotopic (exact) mass is 229 g/mol. The van der Waals surface area contributed by atoms with Gasteiger partial charge in [0.15, 0.2) is 0 Å². The minimum atomic E-state index is 0.729. The van der Waals surface area contributed by atoms with Crippen LogP contribution in [0.5, 0.6) is 0 Å². The zero-order valence-electron chi connectivity index (χ0n) is 10.8. The van der Waals surface area contributed by atoms with Crippen LogP contribution in [-0.2, 0) is 6.54 Å². The van der Waals surface area contributed by atoms with Crippen molar-refractivity contribution in [1.82, 2.24) is 5.32 Å². The summed E-state index contributed by atoms with van der Waals surface area (Å²) in [7, 11) is 0. The van der Waals surface area contributed by atoms with Gasteiger partial charge in [-0.2, -0.15) is 0 Å². The molecule has 2 aromatic rings. The average molecular weight is 229 g/mol. The predicted octanol–water partition coefficient (Wildman–Crippen LogP) is 3.61. The Balaban J connectivity index is 1.98. The maximum absolute atomic E-state index is 5.98. The van der Waals surface area contributed by atoms with E-state index in [0.717, 1.165) is 23.9 Å². The Labute approximate surface area is 102 Å². The molecule has 17 heavy (non-hydrogen) atoms. The molecule has 1 saturated carbocycles. The zero-order chi connectivity index (χ0) is 12.0. The maximum atomic E-state index is 5.98. The van der Waals surface area contributed by atoms with Crippen molar-refractivity contribution in [2.24, 2.45) is 0 Å². The molecule has 2 nitrogen and oxygen atoms in total. The number of benzene rings is 1. The van der Waals surface area contributed by atoms with Crippen LogP contribution in [0.25, 0.3) is 11.0 Å². The lowest BCUT2D eigenvalue weighted by atomic mass is 10.0. The van der Waals surface area contributed by atoms with Crippen molar-refractivity contribution < 1.29 is 4.42 Å². The predicted molar refractivity (Wildman–Crippen MR) is 70.3 cm³/mol. The first-order valence-corrected chi connectivity index (χ1v) is 6.38. The largest absolute Gasteiger partial charge is 0.459 e. The van der Waals surface area contributed by atoms with Gasteiger partial charge in [0.1, 0.15) is 11.3 Å². The van der Waals surface area contributed by atoms with Crippen molar-refractivity contribution in [2.45, 2.75) is 46.2 Å². The molecular weight excluding hydrogens is 210 g/mol. The fraction of sp³-hybridized carbons (Fsp3) is 0.467. The van der Waals surface area contributed by atoms with E-state index < -0.39 is 0 Å². The molecular formula is C15H19NO. The third-order valence-electron chi connectivity index (χ3n) is 3.72. The van der Waals surface area contributed by atoms with Crippen LogP contribution in [0.2, 0.25) is 0 Å². The Hall–Kier alpha value is -1.28. The lowest BCUT2D eigenvalue weighted by Gasteiger charge is -2.03. The van der Waals surface area contributed by atoms with Crippen LogP contribution in [0.4, 0.5) is 0 Å². The van der Waals surface area contributed by atoms with E-state index in [9.17, 15) is 0 Å². The van der Waals surface area contributed by atoms with Crippen LogP contribution in [-0.4, -0.2) is 6.04 Å². The van der Waals surface area contributed by atoms with Gasteiger partial charge in [0.2, 0.25) is 0 Å². The number of hydrogen-bond donors (Lipinski definition) is 1. The molecule has 0 bridgehead atoms. The maximum Gasteiger partial charge on any atom is 0.137 e. The number of nitrogens with one attached hydrogen (secondary N) is 1. The number of furan rings is 1. The van der Waals surface area contributed by atoms with Gasteiger partial charge in [-0.05, 0) is 56.4 Å². The molecule has 1 N–H and O–H groups in total. The molecule has 0 saturated heterocycles. The summed E-state index contributed by atoms with van der Waals surface area (Å²) in [6, 6.07) is 5.16. The van der Waals surface area contributed by atoms with E-state index in [1.54, 1.807) is 0 Å². The van der Waals surface area contributed by atoms with E-state index >= 15 is 0 Å². The van der Waals surface area contributed by atoms with Crippen molar-refractivity contribution in [2.75, 3.05) is 0 Å². The summed E-state index contributed by atoms with van der Waals surface area (Å²) in [5.74, 6) is 1.06. The molecule has 1 aromatic carbocycles. The summed E-state index contributed by atoms with van der Waals surface area (Å²) >= 11 is 0. The van der Waals surface area contributed by atoms with E-state index in [-0.39, 0.29) is 0 Å². The van der Waals surface area contributed by atoms with Crippen LogP contribution in [0.3, 0.4) is 0 Å². The van der Waals surface area contributed by atoms with Gasteiger partial charge in [-0.25, -0.2) is 0 Å². The molecule has 0 aliphatic heterocycles. The van der Waals surface area contributed by atoms with Crippen LogP contribution < -0.4 is 5.32 Å². The third-order valence-corrected chi connectivity index (χ3v) is 3.72. The number of rotatable bonds is 3. The molecule has 0 atom stereocenters. The standard InChI is InChI=1S/C15H19NO/c1-9-6-10(2)14-7-13(8-16-12-4-5-12)17-15(14)11(9)3/h6-7,12,16H,4-5,8H2,1-3H3. The van der Waals surface area contributed by atoms with Crippen molar-refractivity contribution in [3.8, 4) is 0 Å². The summed E-state index contributed by atoms with van der Waals surface area (Å²) in [4.78, 5) is 0. The Morgan fingerprint density at radius 2 is 1.94 bits per heavy atom. The number of aryl methyl sites for hydroxylation is 3. The van der Waals surface area contributed by atoms with Crippen LogP contribution in [0.1, 0.15) is 35.3 Å². The van der Waals surface area contributed by atoms with E-state index in [1.807, 2.05) is 0 Å². The Morgan fingerprint density at radius 1 is 1.18 bits per heavy atom. The van der Waals surface area contributed by atoms with Crippen LogP contribution in [0.15, 0.2) is 16.5 Å². The number of fused-ring (bicyclic) bond motifs is 1. The summed E-state index contributed by atoms with van der Waals surface area (Å²) < 4.78 is 5.98. The van der Waals surface area contributed by atoms with Crippen LogP contribution in [0, 0.1) is 20.8 Å². The highest BCUT2D eigenvalue weighted by Gasteiger charge is 2.21. The van der Waals surface area contributed by atoms with Gasteiger partial charge in [0, 0.05) is 11.4 Å². The Morgan fingerprint density at radius 3 is 2.65 bits per heavy atom. The smallest absolute Gasteiger partial charge is 0.137 e. The Kier molecular flexibility index (Phi) is 2.48. The lowest BCUT2D eigenvalue weighted by Crippen LogP contribution is -2.14. The SMILES string of the molecule is Cc1cc(C)c2cc(CNC3CC3)oc2c1C. The van der Waals surface area contributed by atoms with Crippen molar-refractivity contribution in [3.63, 3.8) is 0 Å². The normalized spacial score (nSPS) is 15.7. The highest BCUT2D eigenvalue weighted by molar-refractivity contribution is 5.85. The first-order valence-electron chi connectivity index (χ1n) is 6.38. The molecule has 1 fully saturated rings. The van der Waals surface area contributed by atoms with Crippen molar-refractivity contribution in [3.05, 3.63) is 34.6 Å². The zero-order valence-corrected chi connectivity index (χ0v) is 10.8. The quantitative estimate of drug-likeness (QED) is 0.869. The molecule has 90 valence electrons. The van der Waals surface area contributed by atoms with E-state index in [1.165, 1.54) is 34.9 Å². The molecule has 0 amide bonds. The first kappa shape index (κ1) is 10.8. The fourth-order valence-corrected chi connectivity index (χ4v) is 2.32. The van der Waals surface area contributed by atoms with E-state index in [4.69, 9.17) is 4.42 Å². The average Bonchev–Trinajstić information content (AvgIpc) is 3.02. The van der Waals surface area contributed by atoms with Gasteiger partial charge < -0.3 is 9.73 Å². The molecule has 1 heterocycles. The highest BCUT2D eigenvalue weighted by atomic mass is 16.3. The molecule has 1 aliphatic rings. The minimum Gasteiger partial charge on any atom is -0.459 e. The molecule has 0 unspecified atom stereocenters. The molecule has 3 rings (SSSR count). The summed E-state index contributed by atoms with van der Waals surface area (Å²) in [5.41, 5.74) is 4.95. The minimum absolute atomic E-state index is 0.729. The molecule has 1 aliphatic carbocycles. The molecule has 1 aromatic heterocycles. The summed E-state index contributed by atoms with van der Waals surface area (Å²) in [6.07, 6.45) is 2.63. The highest BCUT2D eigenvalue weighted by Crippen LogP contribution is 2.29. The van der Waals surface area contributed by atoms with Gasteiger partial charge in [-0.3, -0.25) is 0 Å². The Bertz CT molecular complexity index is 564. The topological polar surface area (TPSA) is 25.2 Å². The van der Waals surface area contributed by atoms with E-state index in [0.29, 0.717) is 0 Å². The molecule has 2 heteroatoms. The molecule has 0 spiro atoms. The lowest BCUT2D eigenvalue weighted by molar-refractivity contribution is 0.511. The first-order chi connectivity index (χ1) is 8.15. The second-order valence-corrected chi connectivity index (χ2v) is 5.25. The number of hydrogen-bond acceptors (Lipinski definition) is 2. The van der Waals surface area contributed by atoms with E-state index in [2.05, 4.69) is 38.2 Å². The molecule has 0 radical (unpaired) electrons.